The SMILES string of the molecule is CCCC(C)(CNC(C)C)CN1CCCCCC1CC. The highest BCUT2D eigenvalue weighted by Gasteiger charge is 2.29. The number of hydrogen-bond acceptors (Lipinski definition) is 2. The van der Waals surface area contributed by atoms with Gasteiger partial charge in [0.05, 0.1) is 0 Å². The van der Waals surface area contributed by atoms with Crippen LogP contribution in [0.15, 0.2) is 0 Å². The summed E-state index contributed by atoms with van der Waals surface area (Å²) in [5.41, 5.74) is 0.427. The molecular formula is C18H38N2. The summed E-state index contributed by atoms with van der Waals surface area (Å²) in [7, 11) is 0. The minimum Gasteiger partial charge on any atom is -0.314 e. The van der Waals surface area contributed by atoms with Crippen LogP contribution in [0.25, 0.3) is 0 Å². The van der Waals surface area contributed by atoms with Crippen molar-refractivity contribution in [3.63, 3.8) is 0 Å². The first-order valence-corrected chi connectivity index (χ1v) is 8.98. The number of nitrogens with zero attached hydrogens (tertiary/aromatic N) is 1. The summed E-state index contributed by atoms with van der Waals surface area (Å²) >= 11 is 0. The quantitative estimate of drug-likeness (QED) is 0.708. The van der Waals surface area contributed by atoms with Crippen molar-refractivity contribution >= 4 is 0 Å². The molecule has 120 valence electrons. The molecule has 1 saturated heterocycles. The summed E-state index contributed by atoms with van der Waals surface area (Å²) in [6.07, 6.45) is 9.62. The van der Waals surface area contributed by atoms with Gasteiger partial charge in [-0.15, -0.1) is 0 Å². The molecule has 2 nitrogen and oxygen atoms in total. The molecule has 0 saturated carbocycles. The third-order valence-electron chi connectivity index (χ3n) is 4.85. The van der Waals surface area contributed by atoms with Gasteiger partial charge in [0.2, 0.25) is 0 Å². The van der Waals surface area contributed by atoms with Crippen LogP contribution < -0.4 is 5.32 Å². The molecule has 0 aromatic carbocycles. The van der Waals surface area contributed by atoms with Gasteiger partial charge in [-0.3, -0.25) is 4.90 Å². The average Bonchev–Trinajstić information content (AvgIpc) is 2.62. The summed E-state index contributed by atoms with van der Waals surface area (Å²) < 4.78 is 0. The molecule has 1 fully saturated rings. The predicted octanol–water partition coefficient (Wildman–Crippen LogP) is 4.45. The molecule has 2 heteroatoms. The monoisotopic (exact) mass is 282 g/mol. The van der Waals surface area contributed by atoms with Crippen molar-refractivity contribution in [1.82, 2.24) is 10.2 Å². The maximum atomic E-state index is 3.68. The van der Waals surface area contributed by atoms with E-state index in [1.165, 1.54) is 58.0 Å². The molecule has 0 aromatic rings. The van der Waals surface area contributed by atoms with Crippen molar-refractivity contribution in [3.8, 4) is 0 Å². The van der Waals surface area contributed by atoms with E-state index in [2.05, 4.69) is 44.8 Å². The average molecular weight is 283 g/mol. The largest absolute Gasteiger partial charge is 0.314 e. The van der Waals surface area contributed by atoms with Crippen LogP contribution >= 0.6 is 0 Å². The molecule has 0 aromatic heterocycles. The van der Waals surface area contributed by atoms with Gasteiger partial charge in [0.15, 0.2) is 0 Å². The molecule has 2 atom stereocenters. The van der Waals surface area contributed by atoms with Crippen LogP contribution in [0, 0.1) is 5.41 Å². The Morgan fingerprint density at radius 2 is 1.95 bits per heavy atom. The summed E-state index contributed by atoms with van der Waals surface area (Å²) in [4.78, 5) is 2.81. The van der Waals surface area contributed by atoms with E-state index < -0.39 is 0 Å². The molecule has 0 bridgehead atoms. The van der Waals surface area contributed by atoms with Crippen molar-refractivity contribution < 1.29 is 0 Å². The van der Waals surface area contributed by atoms with Crippen LogP contribution in [-0.4, -0.2) is 36.6 Å². The van der Waals surface area contributed by atoms with Crippen molar-refractivity contribution in [2.75, 3.05) is 19.6 Å². The molecule has 2 unspecified atom stereocenters. The molecular weight excluding hydrogens is 244 g/mol. The molecule has 1 heterocycles. The number of rotatable bonds is 8. The first-order chi connectivity index (χ1) is 9.50. The van der Waals surface area contributed by atoms with Gasteiger partial charge in [0.1, 0.15) is 0 Å². The second-order valence-corrected chi connectivity index (χ2v) is 7.48. The first-order valence-electron chi connectivity index (χ1n) is 8.98. The zero-order chi connectivity index (χ0) is 15.0. The molecule has 1 N–H and O–H groups in total. The summed E-state index contributed by atoms with van der Waals surface area (Å²) in [6.45, 7) is 15.5. The van der Waals surface area contributed by atoms with Crippen LogP contribution in [0.4, 0.5) is 0 Å². The first kappa shape index (κ1) is 18.0. The standard InChI is InChI=1S/C18H38N2/c1-6-12-18(5,14-19-16(3)4)15-20-13-10-8-9-11-17(20)7-2/h16-17,19H,6-15H2,1-5H3. The fourth-order valence-corrected chi connectivity index (χ4v) is 3.67. The van der Waals surface area contributed by atoms with Gasteiger partial charge in [-0.05, 0) is 37.6 Å². The van der Waals surface area contributed by atoms with Crippen molar-refractivity contribution in [1.29, 1.82) is 0 Å². The molecule has 1 aliphatic heterocycles. The normalized spacial score (nSPS) is 24.6. The number of hydrogen-bond donors (Lipinski definition) is 1. The van der Waals surface area contributed by atoms with E-state index in [1.54, 1.807) is 0 Å². The van der Waals surface area contributed by atoms with Gasteiger partial charge in [0.25, 0.3) is 0 Å². The Balaban J connectivity index is 2.65. The topological polar surface area (TPSA) is 15.3 Å². The van der Waals surface area contributed by atoms with Crippen LogP contribution in [0.5, 0.6) is 0 Å². The lowest BCUT2D eigenvalue weighted by molar-refractivity contribution is 0.107. The van der Waals surface area contributed by atoms with Crippen LogP contribution in [0.3, 0.4) is 0 Å². The van der Waals surface area contributed by atoms with Gasteiger partial charge >= 0.3 is 0 Å². The van der Waals surface area contributed by atoms with Gasteiger partial charge in [-0.2, -0.15) is 0 Å². The van der Waals surface area contributed by atoms with E-state index in [9.17, 15) is 0 Å². The number of likely N-dealkylation sites (tertiary alicyclic amines) is 1. The minimum atomic E-state index is 0.427. The molecule has 0 amide bonds. The highest BCUT2D eigenvalue weighted by atomic mass is 15.2. The molecule has 1 rings (SSSR count). The van der Waals surface area contributed by atoms with Crippen LogP contribution in [0.1, 0.15) is 79.6 Å². The smallest absolute Gasteiger partial charge is 0.00928 e. The van der Waals surface area contributed by atoms with E-state index in [0.717, 1.165) is 12.6 Å². The molecule has 1 aliphatic rings. The van der Waals surface area contributed by atoms with Crippen molar-refractivity contribution in [2.24, 2.45) is 5.41 Å². The lowest BCUT2D eigenvalue weighted by Gasteiger charge is -2.39. The van der Waals surface area contributed by atoms with Gasteiger partial charge in [-0.1, -0.05) is 53.9 Å². The summed E-state index contributed by atoms with van der Waals surface area (Å²) in [5, 5.41) is 3.68. The van der Waals surface area contributed by atoms with Crippen LogP contribution in [0.2, 0.25) is 0 Å². The summed E-state index contributed by atoms with van der Waals surface area (Å²) in [6, 6.07) is 1.42. The Hall–Kier alpha value is -0.0800. The fraction of sp³-hybridized carbons (Fsp3) is 1.00. The van der Waals surface area contributed by atoms with Crippen LogP contribution in [-0.2, 0) is 0 Å². The Morgan fingerprint density at radius 1 is 1.20 bits per heavy atom. The predicted molar refractivity (Wildman–Crippen MR) is 90.3 cm³/mol. The third-order valence-corrected chi connectivity index (χ3v) is 4.85. The second kappa shape index (κ2) is 9.04. The molecule has 20 heavy (non-hydrogen) atoms. The number of nitrogens with one attached hydrogen (secondary N) is 1. The highest BCUT2D eigenvalue weighted by molar-refractivity contribution is 4.85. The van der Waals surface area contributed by atoms with Gasteiger partial charge in [0, 0.05) is 25.2 Å². The maximum absolute atomic E-state index is 3.68. The van der Waals surface area contributed by atoms with E-state index >= 15 is 0 Å². The zero-order valence-electron chi connectivity index (χ0n) is 14.7. The lowest BCUT2D eigenvalue weighted by atomic mass is 9.84. The van der Waals surface area contributed by atoms with E-state index in [0.29, 0.717) is 11.5 Å². The minimum absolute atomic E-state index is 0.427. The Bertz CT molecular complexity index is 252. The Kier molecular flexibility index (Phi) is 8.13. The van der Waals surface area contributed by atoms with Crippen molar-refractivity contribution in [2.45, 2.75) is 91.6 Å². The highest BCUT2D eigenvalue weighted by Crippen LogP contribution is 2.28. The maximum Gasteiger partial charge on any atom is 0.00928 e. The molecule has 0 spiro atoms. The molecule has 0 aliphatic carbocycles. The lowest BCUT2D eigenvalue weighted by Crippen LogP contribution is -2.47. The van der Waals surface area contributed by atoms with Gasteiger partial charge in [-0.25, -0.2) is 0 Å². The van der Waals surface area contributed by atoms with Crippen molar-refractivity contribution in [3.05, 3.63) is 0 Å². The summed E-state index contributed by atoms with van der Waals surface area (Å²) in [5.74, 6) is 0. The van der Waals surface area contributed by atoms with E-state index in [4.69, 9.17) is 0 Å². The molecule has 0 radical (unpaired) electrons. The zero-order valence-corrected chi connectivity index (χ0v) is 14.7. The van der Waals surface area contributed by atoms with E-state index in [-0.39, 0.29) is 0 Å². The van der Waals surface area contributed by atoms with Gasteiger partial charge < -0.3 is 5.32 Å². The second-order valence-electron chi connectivity index (χ2n) is 7.48. The fourth-order valence-electron chi connectivity index (χ4n) is 3.67. The van der Waals surface area contributed by atoms with E-state index in [1.807, 2.05) is 0 Å². The third kappa shape index (κ3) is 6.13. The Morgan fingerprint density at radius 3 is 2.55 bits per heavy atom. The Labute approximate surface area is 127 Å².